The quantitative estimate of drug-likeness (QED) is 0.515. The summed E-state index contributed by atoms with van der Waals surface area (Å²) in [4.78, 5) is 0. The summed E-state index contributed by atoms with van der Waals surface area (Å²) in [5.74, 6) is 7.35. The Morgan fingerprint density at radius 1 is 1.20 bits per heavy atom. The van der Waals surface area contributed by atoms with E-state index in [2.05, 4.69) is 13.8 Å². The minimum Gasteiger partial charge on any atom is -0.0651 e. The summed E-state index contributed by atoms with van der Waals surface area (Å²) in [6.45, 7) is 4.90. The van der Waals surface area contributed by atoms with Crippen LogP contribution in [0, 0.1) is 40.9 Å². The smallest absolute Gasteiger partial charge is 0.0167 e. The van der Waals surface area contributed by atoms with Gasteiger partial charge in [0.15, 0.2) is 0 Å². The summed E-state index contributed by atoms with van der Waals surface area (Å²) in [5, 5.41) is 0. The lowest BCUT2D eigenvalue weighted by atomic mass is 9.72. The van der Waals surface area contributed by atoms with E-state index in [1.165, 1.54) is 36.0 Å². The molecule has 1 spiro atoms. The van der Waals surface area contributed by atoms with Crippen LogP contribution < -0.4 is 0 Å². The zero-order valence-corrected chi connectivity index (χ0v) is 6.67. The molecule has 0 aromatic heterocycles. The van der Waals surface area contributed by atoms with Crippen molar-refractivity contribution in [1.82, 2.24) is 0 Å². The Hall–Kier alpha value is 0. The average Bonchev–Trinajstić information content (AvgIpc) is 2.64. The van der Waals surface area contributed by atoms with Gasteiger partial charge >= 0.3 is 0 Å². The van der Waals surface area contributed by atoms with Crippen LogP contribution in [0.15, 0.2) is 0 Å². The molecule has 6 rings (SSSR count). The standard InChI is InChI=1S/C10H14/c1-3-5-6-4(2)10-7(5)9(10)8(6)10/h4-9H,3H2,1-2H3. The molecule has 0 radical (unpaired) electrons. The lowest BCUT2D eigenvalue weighted by Crippen LogP contribution is -2.29. The molecule has 0 heterocycles. The van der Waals surface area contributed by atoms with Crippen molar-refractivity contribution in [3.63, 3.8) is 0 Å². The van der Waals surface area contributed by atoms with Crippen molar-refractivity contribution in [3.05, 3.63) is 0 Å². The van der Waals surface area contributed by atoms with E-state index < -0.39 is 0 Å². The molecule has 0 heteroatoms. The summed E-state index contributed by atoms with van der Waals surface area (Å²) < 4.78 is 0. The molecule has 0 aromatic carbocycles. The Labute approximate surface area is 62.0 Å². The van der Waals surface area contributed by atoms with Gasteiger partial charge in [-0.25, -0.2) is 0 Å². The molecule has 0 aromatic rings. The zero-order chi connectivity index (χ0) is 6.67. The van der Waals surface area contributed by atoms with Gasteiger partial charge in [0, 0.05) is 0 Å². The van der Waals surface area contributed by atoms with Crippen LogP contribution in [-0.2, 0) is 0 Å². The summed E-state index contributed by atoms with van der Waals surface area (Å²) in [6, 6.07) is 0. The van der Waals surface area contributed by atoms with Gasteiger partial charge in [0.05, 0.1) is 0 Å². The normalized spacial score (nSPS) is 85.8. The number of hydrogen-bond donors (Lipinski definition) is 0. The average molecular weight is 134 g/mol. The molecule has 0 N–H and O–H groups in total. The molecule has 6 fully saturated rings. The molecule has 7 atom stereocenters. The Kier molecular flexibility index (Phi) is 0.442. The van der Waals surface area contributed by atoms with E-state index in [1.54, 1.807) is 0 Å². The third-order valence-electron chi connectivity index (χ3n) is 5.50. The van der Waals surface area contributed by atoms with E-state index in [1.807, 2.05) is 0 Å². The Balaban J connectivity index is 1.85. The van der Waals surface area contributed by atoms with Crippen LogP contribution in [0.3, 0.4) is 0 Å². The minimum absolute atomic E-state index is 1.02. The molecule has 0 aliphatic heterocycles. The largest absolute Gasteiger partial charge is 0.0651 e. The van der Waals surface area contributed by atoms with Gasteiger partial charge in [-0.3, -0.25) is 0 Å². The predicted octanol–water partition coefficient (Wildman–Crippen LogP) is 2.15. The molecule has 10 heavy (non-hydrogen) atoms. The molecule has 6 saturated carbocycles. The monoisotopic (exact) mass is 134 g/mol. The first kappa shape index (κ1) is 4.79. The highest BCUT2D eigenvalue weighted by Gasteiger charge is 3.03. The van der Waals surface area contributed by atoms with Crippen molar-refractivity contribution in [2.75, 3.05) is 0 Å². The molecule has 0 amide bonds. The van der Waals surface area contributed by atoms with Gasteiger partial charge in [-0.05, 0) is 40.9 Å². The molecule has 54 valence electrons. The van der Waals surface area contributed by atoms with Crippen molar-refractivity contribution >= 4 is 0 Å². The zero-order valence-electron chi connectivity index (χ0n) is 6.67. The second-order valence-corrected chi connectivity index (χ2v) is 5.02. The second kappa shape index (κ2) is 0.922. The molecule has 0 saturated heterocycles. The van der Waals surface area contributed by atoms with Crippen molar-refractivity contribution in [1.29, 1.82) is 0 Å². The highest BCUT2D eigenvalue weighted by atomic mass is 15.1. The van der Waals surface area contributed by atoms with Crippen LogP contribution in [0.25, 0.3) is 0 Å². The third-order valence-corrected chi connectivity index (χ3v) is 5.50. The molecule has 0 nitrogen and oxygen atoms in total. The summed E-state index contributed by atoms with van der Waals surface area (Å²) >= 11 is 0. The Morgan fingerprint density at radius 3 is 2.20 bits per heavy atom. The van der Waals surface area contributed by atoms with E-state index in [0.717, 1.165) is 11.3 Å². The van der Waals surface area contributed by atoms with Crippen LogP contribution in [0.2, 0.25) is 0 Å². The van der Waals surface area contributed by atoms with Gasteiger partial charge in [0.1, 0.15) is 0 Å². The Morgan fingerprint density at radius 2 is 2.00 bits per heavy atom. The fourth-order valence-corrected chi connectivity index (χ4v) is 5.35. The van der Waals surface area contributed by atoms with Crippen molar-refractivity contribution < 1.29 is 0 Å². The highest BCUT2D eigenvalue weighted by Crippen LogP contribution is 3.06. The first-order chi connectivity index (χ1) is 4.85. The van der Waals surface area contributed by atoms with E-state index >= 15 is 0 Å². The van der Waals surface area contributed by atoms with Crippen LogP contribution in [-0.4, -0.2) is 0 Å². The predicted molar refractivity (Wildman–Crippen MR) is 39.3 cm³/mol. The number of hydrogen-bond acceptors (Lipinski definition) is 0. The molecule has 7 unspecified atom stereocenters. The van der Waals surface area contributed by atoms with Crippen molar-refractivity contribution in [3.8, 4) is 0 Å². The third kappa shape index (κ3) is 0.185. The van der Waals surface area contributed by atoms with Gasteiger partial charge < -0.3 is 0 Å². The first-order valence-corrected chi connectivity index (χ1v) is 4.85. The van der Waals surface area contributed by atoms with E-state index in [4.69, 9.17) is 0 Å². The van der Waals surface area contributed by atoms with Crippen molar-refractivity contribution in [2.24, 2.45) is 40.9 Å². The van der Waals surface area contributed by atoms with Crippen LogP contribution >= 0.6 is 0 Å². The number of rotatable bonds is 1. The lowest BCUT2D eigenvalue weighted by molar-refractivity contribution is 0.142. The molecule has 6 aliphatic carbocycles. The van der Waals surface area contributed by atoms with Crippen molar-refractivity contribution in [2.45, 2.75) is 20.3 Å². The fourth-order valence-electron chi connectivity index (χ4n) is 5.35. The molecular weight excluding hydrogens is 120 g/mol. The van der Waals surface area contributed by atoms with E-state index in [-0.39, 0.29) is 0 Å². The molecule has 4 bridgehead atoms. The maximum atomic E-state index is 2.51. The maximum Gasteiger partial charge on any atom is -0.0167 e. The van der Waals surface area contributed by atoms with Crippen LogP contribution in [0.1, 0.15) is 20.3 Å². The summed E-state index contributed by atoms with van der Waals surface area (Å²) in [5.41, 5.74) is 1.02. The van der Waals surface area contributed by atoms with Gasteiger partial charge in [0.2, 0.25) is 0 Å². The second-order valence-electron chi connectivity index (χ2n) is 5.02. The summed E-state index contributed by atoms with van der Waals surface area (Å²) in [7, 11) is 0. The topological polar surface area (TPSA) is 0 Å². The molecule has 6 aliphatic rings. The van der Waals surface area contributed by atoms with E-state index in [9.17, 15) is 0 Å². The lowest BCUT2D eigenvalue weighted by Gasteiger charge is -2.33. The SMILES string of the molecule is CCC1C2C(C)C34C1C3C24. The highest BCUT2D eigenvalue weighted by molar-refractivity contribution is 5.49. The maximum absolute atomic E-state index is 2.51. The minimum atomic E-state index is 1.02. The Bertz CT molecular complexity index is 226. The van der Waals surface area contributed by atoms with E-state index in [0.29, 0.717) is 0 Å². The van der Waals surface area contributed by atoms with Gasteiger partial charge in [0.25, 0.3) is 0 Å². The van der Waals surface area contributed by atoms with Crippen LogP contribution in [0.4, 0.5) is 0 Å². The van der Waals surface area contributed by atoms with Gasteiger partial charge in [-0.1, -0.05) is 20.3 Å². The van der Waals surface area contributed by atoms with Gasteiger partial charge in [-0.15, -0.1) is 0 Å². The van der Waals surface area contributed by atoms with Gasteiger partial charge in [-0.2, -0.15) is 0 Å². The molecular formula is C10H14. The fraction of sp³-hybridized carbons (Fsp3) is 1.00. The van der Waals surface area contributed by atoms with Crippen LogP contribution in [0.5, 0.6) is 0 Å². The first-order valence-electron chi connectivity index (χ1n) is 4.85. The summed E-state index contributed by atoms with van der Waals surface area (Å²) in [6.07, 6.45) is 1.48.